The molecule has 9 nitrogen and oxygen atoms in total. The highest BCUT2D eigenvalue weighted by molar-refractivity contribution is 5.95. The van der Waals surface area contributed by atoms with Gasteiger partial charge in [0.15, 0.2) is 5.82 Å². The zero-order valence-electron chi connectivity index (χ0n) is 17.5. The van der Waals surface area contributed by atoms with Crippen molar-refractivity contribution in [3.8, 4) is 0 Å². The number of hydrogen-bond acceptors (Lipinski definition) is 6. The normalized spacial score (nSPS) is 14.2. The molecule has 4 rings (SSSR count). The van der Waals surface area contributed by atoms with Gasteiger partial charge in [-0.15, -0.1) is 10.2 Å². The third kappa shape index (κ3) is 3.36. The number of carbonyl (C=O) groups excluding carboxylic acids is 2. The van der Waals surface area contributed by atoms with Gasteiger partial charge in [-0.25, -0.2) is 0 Å². The Morgan fingerprint density at radius 2 is 1.55 bits per heavy atom. The first kappa shape index (κ1) is 20.7. The zero-order valence-corrected chi connectivity index (χ0v) is 17.5. The fourth-order valence-corrected chi connectivity index (χ4v) is 4.60. The van der Waals surface area contributed by atoms with Crippen LogP contribution >= 0.6 is 0 Å². The van der Waals surface area contributed by atoms with Crippen molar-refractivity contribution in [3.63, 3.8) is 0 Å². The number of carbonyl (C=O) groups is 2. The Hall–Kier alpha value is -3.59. The number of fused-ring (bicyclic) bond motifs is 2. The number of aryl methyl sites for hydroxylation is 2. The first-order valence-electron chi connectivity index (χ1n) is 10.2. The number of aromatic amines is 1. The minimum absolute atomic E-state index is 0.143. The van der Waals surface area contributed by atoms with Gasteiger partial charge in [0.25, 0.3) is 11.8 Å². The summed E-state index contributed by atoms with van der Waals surface area (Å²) in [5, 5.41) is 20.5. The lowest BCUT2D eigenvalue weighted by atomic mass is 9.69. The van der Waals surface area contributed by atoms with Crippen molar-refractivity contribution in [1.82, 2.24) is 31.3 Å². The van der Waals surface area contributed by atoms with E-state index in [4.69, 9.17) is 5.73 Å². The smallest absolute Gasteiger partial charge is 0.251 e. The van der Waals surface area contributed by atoms with E-state index in [1.807, 2.05) is 36.4 Å². The molecular formula is C22H25N7O2. The van der Waals surface area contributed by atoms with Crippen molar-refractivity contribution in [3.05, 3.63) is 75.6 Å². The number of nitrogens with two attached hydrogens (primary N) is 1. The quantitative estimate of drug-likeness (QED) is 0.480. The molecule has 1 heterocycles. The molecule has 31 heavy (non-hydrogen) atoms. The van der Waals surface area contributed by atoms with Crippen LogP contribution in [-0.2, 0) is 18.3 Å². The van der Waals surface area contributed by atoms with Gasteiger partial charge in [-0.3, -0.25) is 9.59 Å². The van der Waals surface area contributed by atoms with Crippen molar-refractivity contribution in [1.29, 1.82) is 0 Å². The molecule has 0 spiro atoms. The van der Waals surface area contributed by atoms with Crippen LogP contribution < -0.4 is 16.4 Å². The summed E-state index contributed by atoms with van der Waals surface area (Å²) < 4.78 is 0. The van der Waals surface area contributed by atoms with E-state index in [-0.39, 0.29) is 11.8 Å². The van der Waals surface area contributed by atoms with Crippen molar-refractivity contribution in [2.24, 2.45) is 5.73 Å². The third-order valence-electron chi connectivity index (χ3n) is 6.02. The molecule has 0 radical (unpaired) electrons. The molecule has 0 aliphatic heterocycles. The van der Waals surface area contributed by atoms with Gasteiger partial charge in [0.1, 0.15) is 0 Å². The highest BCUT2D eigenvalue weighted by Crippen LogP contribution is 2.45. The molecule has 0 bridgehead atoms. The summed E-state index contributed by atoms with van der Waals surface area (Å²) in [4.78, 5) is 24.5. The Morgan fingerprint density at radius 1 is 1.00 bits per heavy atom. The number of hydrogen-bond donors (Lipinski definition) is 4. The zero-order chi connectivity index (χ0) is 22.0. The average Bonchev–Trinajstić information content (AvgIpc) is 3.31. The highest BCUT2D eigenvalue weighted by atomic mass is 16.2. The molecule has 5 N–H and O–H groups in total. The number of rotatable bonds is 5. The summed E-state index contributed by atoms with van der Waals surface area (Å²) in [6.45, 7) is 0.391. The van der Waals surface area contributed by atoms with Crippen LogP contribution in [-0.4, -0.2) is 53.1 Å². The minimum Gasteiger partial charge on any atom is -0.355 e. The third-order valence-corrected chi connectivity index (χ3v) is 6.02. The average molecular weight is 419 g/mol. The van der Waals surface area contributed by atoms with E-state index < -0.39 is 5.41 Å². The second-order valence-electron chi connectivity index (χ2n) is 7.58. The number of amides is 2. The Morgan fingerprint density at radius 3 is 1.97 bits per heavy atom. The lowest BCUT2D eigenvalue weighted by Gasteiger charge is -2.33. The first-order valence-corrected chi connectivity index (χ1v) is 10.2. The standard InChI is InChI=1S/C22H25N7O2/c1-24-19(30)15-5-7-17-13(11-15)3-4-14-12-16(20(31)25-2)6-8-18(14)22(17,9-10-23)21-26-28-29-27-21/h5-8,11-12H,3-4,9-10,23H2,1-2H3,(H,24,30)(H,25,31)(H,26,27,28,29). The Labute approximate surface area is 179 Å². The molecule has 0 atom stereocenters. The lowest BCUT2D eigenvalue weighted by molar-refractivity contribution is 0.0955. The van der Waals surface area contributed by atoms with Crippen LogP contribution in [0.5, 0.6) is 0 Å². The maximum atomic E-state index is 12.3. The lowest BCUT2D eigenvalue weighted by Crippen LogP contribution is -2.35. The van der Waals surface area contributed by atoms with Crippen LogP contribution in [0.15, 0.2) is 36.4 Å². The van der Waals surface area contributed by atoms with Gasteiger partial charge in [-0.2, -0.15) is 5.21 Å². The van der Waals surface area contributed by atoms with Crippen LogP contribution in [0.25, 0.3) is 0 Å². The summed E-state index contributed by atoms with van der Waals surface area (Å²) in [6.07, 6.45) is 1.95. The largest absolute Gasteiger partial charge is 0.355 e. The molecule has 3 aromatic rings. The molecule has 0 unspecified atom stereocenters. The number of nitrogens with one attached hydrogen (secondary N) is 3. The second kappa shape index (κ2) is 8.27. The predicted molar refractivity (Wildman–Crippen MR) is 115 cm³/mol. The summed E-state index contributed by atoms with van der Waals surface area (Å²) >= 11 is 0. The second-order valence-corrected chi connectivity index (χ2v) is 7.58. The van der Waals surface area contributed by atoms with Crippen LogP contribution in [0.1, 0.15) is 55.2 Å². The molecule has 2 aromatic carbocycles. The van der Waals surface area contributed by atoms with Crippen LogP contribution in [0.2, 0.25) is 0 Å². The van der Waals surface area contributed by atoms with Gasteiger partial charge in [0.05, 0.1) is 5.41 Å². The fourth-order valence-electron chi connectivity index (χ4n) is 4.60. The van der Waals surface area contributed by atoms with Crippen LogP contribution in [0.4, 0.5) is 0 Å². The summed E-state index contributed by atoms with van der Waals surface area (Å²) in [5.74, 6) is 0.230. The molecule has 0 saturated heterocycles. The molecule has 1 aliphatic rings. The minimum atomic E-state index is -0.745. The van der Waals surface area contributed by atoms with Crippen LogP contribution in [0, 0.1) is 0 Å². The monoisotopic (exact) mass is 419 g/mol. The summed E-state index contributed by atoms with van der Waals surface area (Å²) in [5.41, 5.74) is 10.6. The maximum absolute atomic E-state index is 12.3. The molecule has 1 aliphatic carbocycles. The predicted octanol–water partition coefficient (Wildman–Crippen LogP) is 0.701. The fraction of sp³-hybridized carbons (Fsp3) is 0.318. The number of aromatic nitrogens is 4. The van der Waals surface area contributed by atoms with Gasteiger partial charge in [-0.05, 0) is 72.3 Å². The van der Waals surface area contributed by atoms with E-state index in [9.17, 15) is 9.59 Å². The Balaban J connectivity index is 2.00. The van der Waals surface area contributed by atoms with E-state index in [1.54, 1.807) is 14.1 Å². The topological polar surface area (TPSA) is 139 Å². The van der Waals surface area contributed by atoms with E-state index in [2.05, 4.69) is 31.3 Å². The number of tetrazole rings is 1. The van der Waals surface area contributed by atoms with Crippen molar-refractivity contribution >= 4 is 11.8 Å². The molecule has 160 valence electrons. The molecule has 9 heteroatoms. The number of benzene rings is 2. The Kier molecular flexibility index (Phi) is 5.51. The van der Waals surface area contributed by atoms with E-state index in [1.165, 1.54) is 0 Å². The van der Waals surface area contributed by atoms with Gasteiger partial charge < -0.3 is 16.4 Å². The van der Waals surface area contributed by atoms with Crippen molar-refractivity contribution in [2.75, 3.05) is 20.6 Å². The van der Waals surface area contributed by atoms with Crippen molar-refractivity contribution in [2.45, 2.75) is 24.7 Å². The van der Waals surface area contributed by atoms with E-state index >= 15 is 0 Å². The van der Waals surface area contributed by atoms with Gasteiger partial charge >= 0.3 is 0 Å². The van der Waals surface area contributed by atoms with Crippen molar-refractivity contribution < 1.29 is 9.59 Å². The molecule has 0 saturated carbocycles. The molecule has 1 aromatic heterocycles. The molecular weight excluding hydrogens is 394 g/mol. The number of nitrogens with zero attached hydrogens (tertiary/aromatic N) is 3. The Bertz CT molecular complexity index is 1060. The van der Waals surface area contributed by atoms with Gasteiger partial charge in [-0.1, -0.05) is 17.3 Å². The summed E-state index contributed by atoms with van der Waals surface area (Å²) in [7, 11) is 3.23. The van der Waals surface area contributed by atoms with Gasteiger partial charge in [0, 0.05) is 25.2 Å². The van der Waals surface area contributed by atoms with E-state index in [0.717, 1.165) is 22.3 Å². The first-order chi connectivity index (χ1) is 15.0. The van der Waals surface area contributed by atoms with Gasteiger partial charge in [0.2, 0.25) is 0 Å². The van der Waals surface area contributed by atoms with E-state index in [0.29, 0.717) is 42.8 Å². The number of H-pyrrole nitrogens is 1. The highest BCUT2D eigenvalue weighted by Gasteiger charge is 2.44. The molecule has 0 fully saturated rings. The summed E-state index contributed by atoms with van der Waals surface area (Å²) in [6, 6.07) is 11.4. The van der Waals surface area contributed by atoms with Crippen LogP contribution in [0.3, 0.4) is 0 Å². The molecule has 2 amide bonds. The maximum Gasteiger partial charge on any atom is 0.251 e. The SMILES string of the molecule is CNC(=O)c1ccc2c(c1)CCc1cc(C(=O)NC)ccc1C2(CCN)c1nn[nH]n1.